The van der Waals surface area contributed by atoms with Gasteiger partial charge < -0.3 is 0 Å². The van der Waals surface area contributed by atoms with Gasteiger partial charge in [-0.1, -0.05) is 28.1 Å². The van der Waals surface area contributed by atoms with Gasteiger partial charge in [0.25, 0.3) is 0 Å². The summed E-state index contributed by atoms with van der Waals surface area (Å²) in [6.45, 7) is 0. The summed E-state index contributed by atoms with van der Waals surface area (Å²) >= 11 is 5.13. The first-order chi connectivity index (χ1) is 8.78. The summed E-state index contributed by atoms with van der Waals surface area (Å²) in [5, 5.41) is 1.13. The minimum Gasteiger partial charge on any atom is -0.278 e. The average molecular weight is 320 g/mol. The number of fused-ring (bicyclic) bond motifs is 1. The largest absolute Gasteiger partial charge is 0.278 e. The van der Waals surface area contributed by atoms with Crippen molar-refractivity contribution in [2.75, 3.05) is 6.26 Å². The molecule has 3 nitrogen and oxygen atoms in total. The molecule has 0 N–H and O–H groups in total. The van der Waals surface area contributed by atoms with Gasteiger partial charge in [0.2, 0.25) is 5.78 Å². The van der Waals surface area contributed by atoms with Crippen LogP contribution in [-0.4, -0.2) is 20.6 Å². The first kappa shape index (κ1) is 11.7. The third-order valence-corrected chi connectivity index (χ3v) is 3.95. The lowest BCUT2D eigenvalue weighted by atomic mass is 10.1. The smallest absolute Gasteiger partial charge is 0.235 e. The van der Waals surface area contributed by atoms with Gasteiger partial charge in [-0.2, -0.15) is 0 Å². The molecule has 0 saturated heterocycles. The van der Waals surface area contributed by atoms with E-state index in [1.165, 1.54) is 0 Å². The third kappa shape index (κ3) is 2.04. The van der Waals surface area contributed by atoms with Gasteiger partial charge in [-0.15, -0.1) is 11.8 Å². The Kier molecular flexibility index (Phi) is 3.09. The molecule has 90 valence electrons. The lowest BCUT2D eigenvalue weighted by molar-refractivity contribution is 0.986. The highest BCUT2D eigenvalue weighted by atomic mass is 79.9. The molecule has 1 aromatic carbocycles. The fourth-order valence-corrected chi connectivity index (χ4v) is 2.64. The topological polar surface area (TPSA) is 30.2 Å². The van der Waals surface area contributed by atoms with E-state index in [1.54, 1.807) is 18.0 Å². The van der Waals surface area contributed by atoms with Crippen LogP contribution in [0.15, 0.2) is 52.2 Å². The number of nitrogens with zero attached hydrogens (tertiary/aromatic N) is 3. The molecule has 0 aliphatic rings. The first-order valence-electron chi connectivity index (χ1n) is 5.42. The first-order valence-corrected chi connectivity index (χ1v) is 7.44. The zero-order valence-electron chi connectivity index (χ0n) is 9.67. The van der Waals surface area contributed by atoms with E-state index in [0.29, 0.717) is 0 Å². The van der Waals surface area contributed by atoms with Gasteiger partial charge in [0.1, 0.15) is 0 Å². The normalized spacial score (nSPS) is 11.0. The number of rotatable bonds is 2. The van der Waals surface area contributed by atoms with Gasteiger partial charge in [-0.25, -0.2) is 9.97 Å². The van der Waals surface area contributed by atoms with E-state index in [-0.39, 0.29) is 0 Å². The van der Waals surface area contributed by atoms with E-state index in [4.69, 9.17) is 0 Å². The van der Waals surface area contributed by atoms with Crippen LogP contribution in [0.3, 0.4) is 0 Å². The molecule has 0 radical (unpaired) electrons. The van der Waals surface area contributed by atoms with Crippen LogP contribution in [0.1, 0.15) is 0 Å². The number of hydrogen-bond acceptors (Lipinski definition) is 3. The minimum absolute atomic E-state index is 0.736. The molecule has 5 heteroatoms. The number of halogens is 1. The highest BCUT2D eigenvalue weighted by Gasteiger charge is 2.07. The van der Waals surface area contributed by atoms with Crippen LogP contribution in [-0.2, 0) is 0 Å². The maximum absolute atomic E-state index is 4.57. The molecule has 18 heavy (non-hydrogen) atoms. The molecule has 3 rings (SSSR count). The monoisotopic (exact) mass is 319 g/mol. The Morgan fingerprint density at radius 2 is 2.00 bits per heavy atom. The van der Waals surface area contributed by atoms with Crippen molar-refractivity contribution in [1.82, 2.24) is 14.4 Å². The molecule has 0 amide bonds. The molecule has 0 aliphatic heterocycles. The van der Waals surface area contributed by atoms with Crippen LogP contribution in [0, 0.1) is 0 Å². The van der Waals surface area contributed by atoms with Crippen LogP contribution >= 0.6 is 27.7 Å². The lowest BCUT2D eigenvalue weighted by Gasteiger charge is -2.06. The Labute approximate surface area is 117 Å². The number of benzene rings is 1. The van der Waals surface area contributed by atoms with E-state index >= 15 is 0 Å². The highest BCUT2D eigenvalue weighted by molar-refractivity contribution is 9.10. The van der Waals surface area contributed by atoms with E-state index in [0.717, 1.165) is 26.5 Å². The number of hydrogen-bond donors (Lipinski definition) is 0. The Balaban J connectivity index is 2.19. The van der Waals surface area contributed by atoms with Crippen molar-refractivity contribution < 1.29 is 0 Å². The Hall–Kier alpha value is -1.33. The van der Waals surface area contributed by atoms with Gasteiger partial charge in [-0.05, 0) is 24.5 Å². The molecular formula is C13H10BrN3S. The van der Waals surface area contributed by atoms with Crippen LogP contribution in [0.2, 0.25) is 0 Å². The second kappa shape index (κ2) is 4.74. The van der Waals surface area contributed by atoms with Crippen LogP contribution in [0.25, 0.3) is 17.0 Å². The summed E-state index contributed by atoms with van der Waals surface area (Å²) in [7, 11) is 0. The summed E-state index contributed by atoms with van der Waals surface area (Å²) in [5.41, 5.74) is 2.05. The Morgan fingerprint density at radius 1 is 1.22 bits per heavy atom. The molecule has 3 aromatic rings. The quantitative estimate of drug-likeness (QED) is 0.530. The van der Waals surface area contributed by atoms with E-state index in [1.807, 2.05) is 22.7 Å². The second-order valence-corrected chi connectivity index (χ2v) is 5.53. The van der Waals surface area contributed by atoms with Crippen molar-refractivity contribution in [2.24, 2.45) is 0 Å². The van der Waals surface area contributed by atoms with Gasteiger partial charge in [0.05, 0.1) is 10.7 Å². The SMILES string of the molecule is CSc1cc(-c2ccc(Br)cc2)nc2nccn12. The molecule has 0 unspecified atom stereocenters. The van der Waals surface area contributed by atoms with E-state index < -0.39 is 0 Å². The van der Waals surface area contributed by atoms with E-state index in [2.05, 4.69) is 50.4 Å². The molecule has 2 heterocycles. The molecule has 2 aromatic heterocycles. The second-order valence-electron chi connectivity index (χ2n) is 3.79. The molecule has 0 spiro atoms. The molecular weight excluding hydrogens is 310 g/mol. The van der Waals surface area contributed by atoms with E-state index in [9.17, 15) is 0 Å². The summed E-state index contributed by atoms with van der Waals surface area (Å²) < 4.78 is 3.06. The lowest BCUT2D eigenvalue weighted by Crippen LogP contribution is -1.94. The fourth-order valence-electron chi connectivity index (χ4n) is 1.80. The third-order valence-electron chi connectivity index (χ3n) is 2.69. The van der Waals surface area contributed by atoms with Crippen LogP contribution < -0.4 is 0 Å². The van der Waals surface area contributed by atoms with Crippen LogP contribution in [0.5, 0.6) is 0 Å². The van der Waals surface area contributed by atoms with Gasteiger partial charge >= 0.3 is 0 Å². The summed E-state index contributed by atoms with van der Waals surface area (Å²) in [6.07, 6.45) is 5.76. The number of thioether (sulfide) groups is 1. The fraction of sp³-hybridized carbons (Fsp3) is 0.0769. The van der Waals surface area contributed by atoms with Crippen molar-refractivity contribution in [2.45, 2.75) is 5.03 Å². The maximum Gasteiger partial charge on any atom is 0.235 e. The zero-order valence-corrected chi connectivity index (χ0v) is 12.1. The number of aromatic nitrogens is 3. The maximum atomic E-state index is 4.57. The predicted octanol–water partition coefficient (Wildman–Crippen LogP) is 3.88. The zero-order chi connectivity index (χ0) is 12.5. The average Bonchev–Trinajstić information content (AvgIpc) is 2.86. The Bertz CT molecular complexity index is 691. The van der Waals surface area contributed by atoms with Crippen molar-refractivity contribution >= 4 is 33.5 Å². The Morgan fingerprint density at radius 3 is 2.72 bits per heavy atom. The highest BCUT2D eigenvalue weighted by Crippen LogP contribution is 2.25. The number of imidazole rings is 1. The minimum atomic E-state index is 0.736. The summed E-state index contributed by atoms with van der Waals surface area (Å²) in [4.78, 5) is 8.83. The molecule has 0 bridgehead atoms. The standard InChI is InChI=1S/C13H10BrN3S/c1-18-12-8-11(9-2-4-10(14)5-3-9)16-13-15-6-7-17(12)13/h2-8H,1H3. The van der Waals surface area contributed by atoms with Crippen molar-refractivity contribution in [3.8, 4) is 11.3 Å². The van der Waals surface area contributed by atoms with Crippen LogP contribution in [0.4, 0.5) is 0 Å². The van der Waals surface area contributed by atoms with Gasteiger partial charge in [0.15, 0.2) is 0 Å². The van der Waals surface area contributed by atoms with Crippen molar-refractivity contribution in [1.29, 1.82) is 0 Å². The van der Waals surface area contributed by atoms with Gasteiger partial charge in [0, 0.05) is 22.4 Å². The van der Waals surface area contributed by atoms with Gasteiger partial charge in [-0.3, -0.25) is 4.40 Å². The predicted molar refractivity (Wildman–Crippen MR) is 77.9 cm³/mol. The summed E-state index contributed by atoms with van der Waals surface area (Å²) in [5.74, 6) is 0.736. The molecule has 0 aliphatic carbocycles. The van der Waals surface area contributed by atoms with Crippen molar-refractivity contribution in [3.63, 3.8) is 0 Å². The molecule has 0 saturated carbocycles. The summed E-state index contributed by atoms with van der Waals surface area (Å²) in [6, 6.07) is 10.2. The molecule has 0 fully saturated rings. The van der Waals surface area contributed by atoms with Crippen molar-refractivity contribution in [3.05, 3.63) is 47.2 Å². The molecule has 0 atom stereocenters.